The highest BCUT2D eigenvalue weighted by Crippen LogP contribution is 2.37. The van der Waals surface area contributed by atoms with Crippen molar-refractivity contribution in [3.05, 3.63) is 35.9 Å². The molecule has 130 valence electrons. The molecule has 0 spiro atoms. The number of fused-ring (bicyclic) bond motifs is 1. The number of carbonyl (C=O) groups is 1. The normalized spacial score (nSPS) is 12.9. The molecule has 1 unspecified atom stereocenters. The highest BCUT2D eigenvalue weighted by atomic mass is 19.4. The molecule has 0 aromatic heterocycles. The molecule has 1 amide bonds. The predicted molar refractivity (Wildman–Crippen MR) is 85.2 cm³/mol. The second kappa shape index (κ2) is 7.09. The molecule has 0 aliphatic carbocycles. The zero-order valence-electron chi connectivity index (χ0n) is 13.3. The number of ether oxygens (including phenoxy) is 1. The number of hydrogen-bond donors (Lipinski definition) is 2. The highest BCUT2D eigenvalue weighted by molar-refractivity contribution is 6.00. The van der Waals surface area contributed by atoms with Crippen molar-refractivity contribution < 1.29 is 27.8 Å². The summed E-state index contributed by atoms with van der Waals surface area (Å²) in [6, 6.07) is 8.45. The van der Waals surface area contributed by atoms with Gasteiger partial charge in [-0.1, -0.05) is 31.2 Å². The molecule has 0 heterocycles. The van der Waals surface area contributed by atoms with Crippen molar-refractivity contribution in [2.45, 2.75) is 32.0 Å². The molecule has 2 aromatic rings. The summed E-state index contributed by atoms with van der Waals surface area (Å²) in [7, 11) is 1.40. The molecule has 7 heteroatoms. The van der Waals surface area contributed by atoms with E-state index in [4.69, 9.17) is 4.74 Å². The zero-order chi connectivity index (χ0) is 17.9. The van der Waals surface area contributed by atoms with Crippen LogP contribution in [-0.4, -0.2) is 30.4 Å². The van der Waals surface area contributed by atoms with Crippen LogP contribution in [0.1, 0.15) is 18.9 Å². The molecule has 2 N–H and O–H groups in total. The Morgan fingerprint density at radius 3 is 2.58 bits per heavy atom. The second-order valence-electron chi connectivity index (χ2n) is 5.38. The largest absolute Gasteiger partial charge is 0.496 e. The summed E-state index contributed by atoms with van der Waals surface area (Å²) in [5.74, 6) is -1.72. The monoisotopic (exact) mass is 341 g/mol. The maximum Gasteiger partial charge on any atom is 0.471 e. The standard InChI is InChI=1S/C17H18F3NO3/c1-3-11(22)9-13-14(21-16(23)17(18,19)20)8-10-6-4-5-7-12(10)15(13)24-2/h4-8,11,22H,3,9H2,1-2H3,(H,21,23). The van der Waals surface area contributed by atoms with Crippen molar-refractivity contribution in [1.29, 1.82) is 0 Å². The highest BCUT2D eigenvalue weighted by Gasteiger charge is 2.39. The molecule has 0 saturated heterocycles. The van der Waals surface area contributed by atoms with Gasteiger partial charge in [-0.15, -0.1) is 0 Å². The Bertz CT molecular complexity index is 744. The molecule has 0 radical (unpaired) electrons. The smallest absolute Gasteiger partial charge is 0.471 e. The first kappa shape index (κ1) is 18.1. The van der Waals surface area contributed by atoms with Gasteiger partial charge in [-0.05, 0) is 17.9 Å². The van der Waals surface area contributed by atoms with Crippen LogP contribution >= 0.6 is 0 Å². The number of carbonyl (C=O) groups excluding carboxylic acids is 1. The van der Waals surface area contributed by atoms with Gasteiger partial charge in [0.05, 0.1) is 13.2 Å². The number of nitrogens with one attached hydrogen (secondary N) is 1. The second-order valence-corrected chi connectivity index (χ2v) is 5.38. The van der Waals surface area contributed by atoms with E-state index in [0.29, 0.717) is 28.5 Å². The summed E-state index contributed by atoms with van der Waals surface area (Å²) >= 11 is 0. The molecule has 2 rings (SSSR count). The lowest BCUT2D eigenvalue weighted by Crippen LogP contribution is -2.30. The fourth-order valence-electron chi connectivity index (χ4n) is 2.48. The fourth-order valence-corrected chi connectivity index (χ4v) is 2.48. The first-order valence-electron chi connectivity index (χ1n) is 7.42. The lowest BCUT2D eigenvalue weighted by molar-refractivity contribution is -0.167. The van der Waals surface area contributed by atoms with Crippen LogP contribution in [0.2, 0.25) is 0 Å². The van der Waals surface area contributed by atoms with Gasteiger partial charge in [0.15, 0.2) is 0 Å². The number of anilines is 1. The van der Waals surface area contributed by atoms with Gasteiger partial charge in [0.1, 0.15) is 5.75 Å². The molecular formula is C17H18F3NO3. The Labute approximate surface area is 137 Å². The van der Waals surface area contributed by atoms with E-state index in [0.717, 1.165) is 0 Å². The van der Waals surface area contributed by atoms with Crippen LogP contribution in [0, 0.1) is 0 Å². The van der Waals surface area contributed by atoms with Gasteiger partial charge in [0.25, 0.3) is 0 Å². The lowest BCUT2D eigenvalue weighted by Gasteiger charge is -2.19. The van der Waals surface area contributed by atoms with E-state index in [1.807, 2.05) is 5.32 Å². The van der Waals surface area contributed by atoms with Gasteiger partial charge in [-0.25, -0.2) is 0 Å². The van der Waals surface area contributed by atoms with Crippen LogP contribution in [0.25, 0.3) is 10.8 Å². The van der Waals surface area contributed by atoms with E-state index >= 15 is 0 Å². The van der Waals surface area contributed by atoms with Crippen molar-refractivity contribution in [3.8, 4) is 5.75 Å². The average Bonchev–Trinajstić information content (AvgIpc) is 2.54. The van der Waals surface area contributed by atoms with Gasteiger partial charge in [-0.3, -0.25) is 4.79 Å². The number of hydrogen-bond acceptors (Lipinski definition) is 3. The number of aliphatic hydroxyl groups excluding tert-OH is 1. The summed E-state index contributed by atoms with van der Waals surface area (Å²) in [6.07, 6.45) is -5.28. The minimum Gasteiger partial charge on any atom is -0.496 e. The van der Waals surface area contributed by atoms with Crippen molar-refractivity contribution in [2.24, 2.45) is 0 Å². The van der Waals surface area contributed by atoms with E-state index in [-0.39, 0.29) is 12.1 Å². The summed E-state index contributed by atoms with van der Waals surface area (Å²) in [4.78, 5) is 11.3. The van der Waals surface area contributed by atoms with E-state index in [2.05, 4.69) is 0 Å². The number of aliphatic hydroxyl groups is 1. The Morgan fingerprint density at radius 1 is 1.33 bits per heavy atom. The van der Waals surface area contributed by atoms with Crippen LogP contribution in [0.5, 0.6) is 5.75 Å². The first-order chi connectivity index (χ1) is 11.3. The van der Waals surface area contributed by atoms with Gasteiger partial charge in [0, 0.05) is 23.1 Å². The predicted octanol–water partition coefficient (Wildman–Crippen LogP) is 3.66. The van der Waals surface area contributed by atoms with Crippen molar-refractivity contribution >= 4 is 22.4 Å². The number of rotatable bonds is 5. The molecular weight excluding hydrogens is 323 g/mol. The molecule has 0 aliphatic heterocycles. The van der Waals surface area contributed by atoms with Crippen LogP contribution < -0.4 is 10.1 Å². The Balaban J connectivity index is 2.61. The topological polar surface area (TPSA) is 58.6 Å². The lowest BCUT2D eigenvalue weighted by atomic mass is 9.97. The molecule has 24 heavy (non-hydrogen) atoms. The Morgan fingerprint density at radius 2 is 2.00 bits per heavy atom. The summed E-state index contributed by atoms with van der Waals surface area (Å²) < 4.78 is 43.2. The quantitative estimate of drug-likeness (QED) is 0.872. The maximum absolute atomic E-state index is 12.6. The van der Waals surface area contributed by atoms with Crippen molar-refractivity contribution in [1.82, 2.24) is 0 Å². The molecule has 0 bridgehead atoms. The van der Waals surface area contributed by atoms with Gasteiger partial charge < -0.3 is 15.2 Å². The molecule has 2 aromatic carbocycles. The number of alkyl halides is 3. The SMILES string of the molecule is CCC(O)Cc1c(NC(=O)C(F)(F)F)cc2ccccc2c1OC. The zero-order valence-corrected chi connectivity index (χ0v) is 13.3. The van der Waals surface area contributed by atoms with E-state index in [9.17, 15) is 23.1 Å². The molecule has 4 nitrogen and oxygen atoms in total. The number of methoxy groups -OCH3 is 1. The minimum atomic E-state index is -5.00. The third-order valence-electron chi connectivity index (χ3n) is 3.73. The number of benzene rings is 2. The van der Waals surface area contributed by atoms with Gasteiger partial charge in [0.2, 0.25) is 0 Å². The van der Waals surface area contributed by atoms with Crippen LogP contribution in [0.3, 0.4) is 0 Å². The minimum absolute atomic E-state index is 0.0135. The van der Waals surface area contributed by atoms with Crippen molar-refractivity contribution in [2.75, 3.05) is 12.4 Å². The third-order valence-corrected chi connectivity index (χ3v) is 3.73. The summed E-state index contributed by atoms with van der Waals surface area (Å²) in [6.45, 7) is 1.76. The Kier molecular flexibility index (Phi) is 5.33. The summed E-state index contributed by atoms with van der Waals surface area (Å²) in [5, 5.41) is 13.1. The molecule has 0 saturated carbocycles. The van der Waals surface area contributed by atoms with Crippen LogP contribution in [-0.2, 0) is 11.2 Å². The van der Waals surface area contributed by atoms with Gasteiger partial charge in [-0.2, -0.15) is 13.2 Å². The molecule has 0 aliphatic rings. The van der Waals surface area contributed by atoms with Gasteiger partial charge >= 0.3 is 12.1 Å². The summed E-state index contributed by atoms with van der Waals surface area (Å²) in [5.41, 5.74) is 0.323. The van der Waals surface area contributed by atoms with Crippen LogP contribution in [0.15, 0.2) is 30.3 Å². The molecule has 1 atom stereocenters. The Hall–Kier alpha value is -2.28. The maximum atomic E-state index is 12.6. The van der Waals surface area contributed by atoms with Crippen LogP contribution in [0.4, 0.5) is 18.9 Å². The fraction of sp³-hybridized carbons (Fsp3) is 0.353. The average molecular weight is 341 g/mol. The molecule has 0 fully saturated rings. The van der Waals surface area contributed by atoms with E-state index in [1.54, 1.807) is 31.2 Å². The van der Waals surface area contributed by atoms with E-state index < -0.39 is 18.2 Å². The number of halogens is 3. The third kappa shape index (κ3) is 3.79. The number of amides is 1. The van der Waals surface area contributed by atoms with Crippen molar-refractivity contribution in [3.63, 3.8) is 0 Å². The first-order valence-corrected chi connectivity index (χ1v) is 7.42. The van der Waals surface area contributed by atoms with E-state index in [1.165, 1.54) is 13.2 Å².